The number of nitrogen functional groups attached to an aromatic ring is 2. The van der Waals surface area contributed by atoms with Gasteiger partial charge in [0.1, 0.15) is 5.82 Å². The van der Waals surface area contributed by atoms with Crippen LogP contribution in [0.5, 0.6) is 0 Å². The van der Waals surface area contributed by atoms with E-state index >= 15 is 0 Å². The summed E-state index contributed by atoms with van der Waals surface area (Å²) < 4.78 is 13.1. The predicted octanol–water partition coefficient (Wildman–Crippen LogP) is 2.66. The molecule has 2 aromatic carbocycles. The summed E-state index contributed by atoms with van der Waals surface area (Å²) in [5, 5.41) is 0. The Hall–Kier alpha value is -2.03. The Kier molecular flexibility index (Phi) is 2.29. The average Bonchev–Trinajstić information content (AvgIpc) is 2.16. The molecular weight excluding hydrogens is 191 g/mol. The first-order chi connectivity index (χ1) is 7.15. The fourth-order valence-corrected chi connectivity index (χ4v) is 1.50. The first-order valence-corrected chi connectivity index (χ1v) is 4.57. The van der Waals surface area contributed by atoms with Crippen molar-refractivity contribution in [2.75, 3.05) is 11.5 Å². The molecule has 0 aliphatic carbocycles. The number of benzene rings is 2. The highest BCUT2D eigenvalue weighted by Gasteiger charge is 2.01. The maximum atomic E-state index is 13.1. The van der Waals surface area contributed by atoms with Gasteiger partial charge in [0.2, 0.25) is 0 Å². The zero-order chi connectivity index (χ0) is 10.8. The van der Waals surface area contributed by atoms with E-state index in [2.05, 4.69) is 0 Å². The van der Waals surface area contributed by atoms with Crippen LogP contribution in [-0.4, -0.2) is 0 Å². The van der Waals surface area contributed by atoms with Gasteiger partial charge in [-0.05, 0) is 41.5 Å². The molecule has 0 spiro atoms. The van der Waals surface area contributed by atoms with Gasteiger partial charge in [0.25, 0.3) is 0 Å². The van der Waals surface area contributed by atoms with E-state index in [1.165, 1.54) is 12.1 Å². The Balaban J connectivity index is 2.54. The maximum Gasteiger partial charge on any atom is 0.125 e. The summed E-state index contributed by atoms with van der Waals surface area (Å²) in [4.78, 5) is 0. The van der Waals surface area contributed by atoms with Crippen LogP contribution in [0.3, 0.4) is 0 Å². The van der Waals surface area contributed by atoms with Crippen molar-refractivity contribution in [3.05, 3.63) is 48.3 Å². The lowest BCUT2D eigenvalue weighted by molar-refractivity contribution is 0.629. The lowest BCUT2D eigenvalue weighted by atomic mass is 10.0. The Morgan fingerprint density at radius 2 is 1.53 bits per heavy atom. The van der Waals surface area contributed by atoms with Gasteiger partial charge in [0.05, 0.1) is 0 Å². The Bertz CT molecular complexity index is 474. The van der Waals surface area contributed by atoms with Gasteiger partial charge in [-0.3, -0.25) is 0 Å². The fraction of sp³-hybridized carbons (Fsp3) is 0. The van der Waals surface area contributed by atoms with E-state index in [0.717, 1.165) is 11.1 Å². The third kappa shape index (κ3) is 2.07. The van der Waals surface area contributed by atoms with E-state index in [0.29, 0.717) is 11.4 Å². The Morgan fingerprint density at radius 3 is 2.20 bits per heavy atom. The Labute approximate surface area is 87.3 Å². The molecule has 2 rings (SSSR count). The molecule has 0 amide bonds. The molecule has 0 bridgehead atoms. The minimum absolute atomic E-state index is 0.340. The van der Waals surface area contributed by atoms with E-state index in [1.807, 2.05) is 12.1 Å². The van der Waals surface area contributed by atoms with Gasteiger partial charge >= 0.3 is 0 Å². The average molecular weight is 202 g/mol. The summed E-state index contributed by atoms with van der Waals surface area (Å²) in [5.41, 5.74) is 13.9. The normalized spacial score (nSPS) is 10.2. The molecule has 0 aliphatic rings. The van der Waals surface area contributed by atoms with Crippen molar-refractivity contribution < 1.29 is 4.39 Å². The minimum Gasteiger partial charge on any atom is -0.399 e. The smallest absolute Gasteiger partial charge is 0.125 e. The summed E-state index contributed by atoms with van der Waals surface area (Å²) in [5.74, 6) is -0.340. The molecule has 0 saturated carbocycles. The minimum atomic E-state index is -0.340. The van der Waals surface area contributed by atoms with Crippen LogP contribution in [0.15, 0.2) is 42.5 Å². The van der Waals surface area contributed by atoms with Crippen molar-refractivity contribution in [2.24, 2.45) is 0 Å². The predicted molar refractivity (Wildman–Crippen MR) is 60.7 cm³/mol. The summed E-state index contributed by atoms with van der Waals surface area (Å²) in [7, 11) is 0. The van der Waals surface area contributed by atoms with Gasteiger partial charge in [-0.25, -0.2) is 4.39 Å². The van der Waals surface area contributed by atoms with Crippen LogP contribution < -0.4 is 11.5 Å². The van der Waals surface area contributed by atoms with Crippen LogP contribution in [-0.2, 0) is 0 Å². The van der Waals surface area contributed by atoms with Crippen LogP contribution in [0, 0.1) is 5.82 Å². The third-order valence-electron chi connectivity index (χ3n) is 2.14. The molecule has 76 valence electrons. The summed E-state index contributed by atoms with van der Waals surface area (Å²) in [6.45, 7) is 0. The number of halogens is 1. The second-order valence-electron chi connectivity index (χ2n) is 3.40. The largest absolute Gasteiger partial charge is 0.399 e. The lowest BCUT2D eigenvalue weighted by Gasteiger charge is -2.04. The van der Waals surface area contributed by atoms with Crippen LogP contribution in [0.25, 0.3) is 11.1 Å². The molecule has 15 heavy (non-hydrogen) atoms. The Morgan fingerprint density at radius 1 is 0.800 bits per heavy atom. The monoisotopic (exact) mass is 202 g/mol. The molecule has 3 heteroatoms. The van der Waals surface area contributed by atoms with Crippen LogP contribution in [0.2, 0.25) is 0 Å². The topological polar surface area (TPSA) is 52.0 Å². The molecule has 2 nitrogen and oxygen atoms in total. The molecule has 0 heterocycles. The quantitative estimate of drug-likeness (QED) is 0.698. The second-order valence-corrected chi connectivity index (χ2v) is 3.40. The molecule has 0 saturated heterocycles. The standard InChI is InChI=1S/C12H11FN2/c13-10-4-9(6-12(15)7-10)8-2-1-3-11(14)5-8/h1-7H,14-15H2. The van der Waals surface area contributed by atoms with E-state index in [1.54, 1.807) is 18.2 Å². The van der Waals surface area contributed by atoms with Gasteiger partial charge in [0.15, 0.2) is 0 Å². The molecule has 0 aromatic heterocycles. The number of nitrogens with two attached hydrogens (primary N) is 2. The van der Waals surface area contributed by atoms with Crippen LogP contribution >= 0.6 is 0 Å². The highest BCUT2D eigenvalue weighted by molar-refractivity contribution is 5.70. The van der Waals surface area contributed by atoms with Crippen molar-refractivity contribution in [3.8, 4) is 11.1 Å². The fourth-order valence-electron chi connectivity index (χ4n) is 1.50. The van der Waals surface area contributed by atoms with E-state index in [-0.39, 0.29) is 5.82 Å². The maximum absolute atomic E-state index is 13.1. The summed E-state index contributed by atoms with van der Waals surface area (Å²) >= 11 is 0. The number of anilines is 2. The second kappa shape index (κ2) is 3.61. The lowest BCUT2D eigenvalue weighted by Crippen LogP contribution is -1.89. The SMILES string of the molecule is Nc1cccc(-c2cc(N)cc(F)c2)c1. The molecule has 0 unspecified atom stereocenters. The van der Waals surface area contributed by atoms with Crippen molar-refractivity contribution in [3.63, 3.8) is 0 Å². The van der Waals surface area contributed by atoms with Crippen molar-refractivity contribution in [1.29, 1.82) is 0 Å². The first kappa shape index (κ1) is 9.52. The van der Waals surface area contributed by atoms with Gasteiger partial charge in [0, 0.05) is 11.4 Å². The molecule has 0 aliphatic heterocycles. The summed E-state index contributed by atoms with van der Waals surface area (Å²) in [6, 6.07) is 11.7. The van der Waals surface area contributed by atoms with E-state index in [9.17, 15) is 4.39 Å². The molecule has 4 N–H and O–H groups in total. The number of hydrogen-bond acceptors (Lipinski definition) is 2. The van der Waals surface area contributed by atoms with Gasteiger partial charge in [-0.1, -0.05) is 12.1 Å². The number of rotatable bonds is 1. The highest BCUT2D eigenvalue weighted by Crippen LogP contribution is 2.24. The zero-order valence-electron chi connectivity index (χ0n) is 8.07. The van der Waals surface area contributed by atoms with Gasteiger partial charge < -0.3 is 11.5 Å². The summed E-state index contributed by atoms with van der Waals surface area (Å²) in [6.07, 6.45) is 0. The first-order valence-electron chi connectivity index (χ1n) is 4.57. The van der Waals surface area contributed by atoms with Crippen molar-refractivity contribution in [1.82, 2.24) is 0 Å². The van der Waals surface area contributed by atoms with Crippen molar-refractivity contribution >= 4 is 11.4 Å². The third-order valence-corrected chi connectivity index (χ3v) is 2.14. The van der Waals surface area contributed by atoms with Crippen LogP contribution in [0.4, 0.5) is 15.8 Å². The van der Waals surface area contributed by atoms with Gasteiger partial charge in [-0.15, -0.1) is 0 Å². The highest BCUT2D eigenvalue weighted by atomic mass is 19.1. The van der Waals surface area contributed by atoms with Crippen molar-refractivity contribution in [2.45, 2.75) is 0 Å². The molecule has 0 radical (unpaired) electrons. The van der Waals surface area contributed by atoms with E-state index in [4.69, 9.17) is 11.5 Å². The van der Waals surface area contributed by atoms with E-state index < -0.39 is 0 Å². The molecule has 2 aromatic rings. The number of hydrogen-bond donors (Lipinski definition) is 2. The zero-order valence-corrected chi connectivity index (χ0v) is 8.07. The molecular formula is C12H11FN2. The molecule has 0 fully saturated rings. The van der Waals surface area contributed by atoms with Crippen LogP contribution in [0.1, 0.15) is 0 Å². The van der Waals surface area contributed by atoms with Gasteiger partial charge in [-0.2, -0.15) is 0 Å². The molecule has 0 atom stereocenters.